The van der Waals surface area contributed by atoms with Gasteiger partial charge in [-0.3, -0.25) is 15.1 Å². The summed E-state index contributed by atoms with van der Waals surface area (Å²) >= 11 is 0. The third-order valence-corrected chi connectivity index (χ3v) is 4.27. The maximum atomic E-state index is 13.9. The molecule has 10 heteroatoms. The number of hydrogen-bond donors (Lipinski definition) is 1. The van der Waals surface area contributed by atoms with Gasteiger partial charge in [0.2, 0.25) is 0 Å². The molecule has 30 heavy (non-hydrogen) atoms. The van der Waals surface area contributed by atoms with E-state index in [0.717, 1.165) is 6.07 Å². The fraction of sp³-hybridized carbons (Fsp3) is 0.200. The van der Waals surface area contributed by atoms with Crippen LogP contribution in [0.5, 0.6) is 0 Å². The molecule has 0 saturated heterocycles. The molecule has 0 fully saturated rings. The summed E-state index contributed by atoms with van der Waals surface area (Å²) in [6.07, 6.45) is -4.92. The van der Waals surface area contributed by atoms with E-state index in [1.807, 2.05) is 0 Å². The Bertz CT molecular complexity index is 1030. The maximum absolute atomic E-state index is 13.9. The van der Waals surface area contributed by atoms with Gasteiger partial charge in [-0.05, 0) is 12.5 Å². The van der Waals surface area contributed by atoms with Gasteiger partial charge in [-0.2, -0.15) is 13.2 Å². The summed E-state index contributed by atoms with van der Waals surface area (Å²) in [6.45, 7) is 1.31. The van der Waals surface area contributed by atoms with Gasteiger partial charge in [-0.25, -0.2) is 4.79 Å². The largest absolute Gasteiger partial charge is 0.463 e. The maximum Gasteiger partial charge on any atom is 0.431 e. The van der Waals surface area contributed by atoms with Gasteiger partial charge >= 0.3 is 12.1 Å². The quantitative estimate of drug-likeness (QED) is 0.448. The molecule has 0 spiro atoms. The molecule has 1 aliphatic heterocycles. The highest BCUT2D eigenvalue weighted by Gasteiger charge is 2.45. The number of benzene rings is 2. The topological polar surface area (TPSA) is 93.8 Å². The van der Waals surface area contributed by atoms with Crippen molar-refractivity contribution in [1.29, 1.82) is 0 Å². The lowest BCUT2D eigenvalue weighted by molar-refractivity contribution is -0.384. The molecule has 2 aromatic rings. The van der Waals surface area contributed by atoms with Gasteiger partial charge in [0.1, 0.15) is 17.6 Å². The van der Waals surface area contributed by atoms with Crippen LogP contribution in [0.1, 0.15) is 24.1 Å². The highest BCUT2D eigenvalue weighted by atomic mass is 19.4. The predicted molar refractivity (Wildman–Crippen MR) is 102 cm³/mol. The molecule has 1 atom stereocenters. The Labute approximate surface area is 169 Å². The van der Waals surface area contributed by atoms with Gasteiger partial charge in [-0.15, -0.1) is 0 Å². The van der Waals surface area contributed by atoms with Crippen molar-refractivity contribution in [2.45, 2.75) is 19.1 Å². The Kier molecular flexibility index (Phi) is 5.86. The van der Waals surface area contributed by atoms with Crippen molar-refractivity contribution >= 4 is 17.5 Å². The summed E-state index contributed by atoms with van der Waals surface area (Å²) in [6, 6.07) is 11.6. The third-order valence-electron chi connectivity index (χ3n) is 4.27. The van der Waals surface area contributed by atoms with Gasteiger partial charge in [0, 0.05) is 17.7 Å². The molecule has 0 radical (unpaired) electrons. The zero-order chi connectivity index (χ0) is 21.9. The van der Waals surface area contributed by atoms with Crippen LogP contribution in [-0.4, -0.2) is 29.5 Å². The number of nitrogens with zero attached hydrogens (tertiary/aromatic N) is 2. The zero-order valence-electron chi connectivity index (χ0n) is 15.6. The Hall–Kier alpha value is -3.69. The van der Waals surface area contributed by atoms with E-state index in [2.05, 4.69) is 10.3 Å². The lowest BCUT2D eigenvalue weighted by Gasteiger charge is -2.28. The second kappa shape index (κ2) is 8.36. The fourth-order valence-corrected chi connectivity index (χ4v) is 2.99. The van der Waals surface area contributed by atoms with Crippen molar-refractivity contribution in [3.8, 4) is 0 Å². The molecule has 0 amide bonds. The smallest absolute Gasteiger partial charge is 0.431 e. The minimum Gasteiger partial charge on any atom is -0.463 e. The molecule has 3 rings (SSSR count). The first kappa shape index (κ1) is 21.0. The average Bonchev–Trinajstić information content (AvgIpc) is 2.73. The number of esters is 1. The van der Waals surface area contributed by atoms with Crippen LogP contribution in [0, 0.1) is 10.1 Å². The van der Waals surface area contributed by atoms with Crippen molar-refractivity contribution in [2.24, 2.45) is 4.99 Å². The summed E-state index contributed by atoms with van der Waals surface area (Å²) in [5.41, 5.74) is -1.99. The van der Waals surface area contributed by atoms with E-state index in [0.29, 0.717) is 5.56 Å². The van der Waals surface area contributed by atoms with Gasteiger partial charge in [0.15, 0.2) is 0 Å². The predicted octanol–water partition coefficient (Wildman–Crippen LogP) is 4.07. The highest BCUT2D eigenvalue weighted by molar-refractivity contribution is 6.04. The first-order valence-corrected chi connectivity index (χ1v) is 8.85. The number of carbonyl (C=O) groups excluding carboxylic acids is 1. The Morgan fingerprint density at radius 2 is 1.90 bits per heavy atom. The molecule has 0 bridgehead atoms. The molecule has 1 aliphatic rings. The highest BCUT2D eigenvalue weighted by Crippen LogP contribution is 2.39. The zero-order valence-corrected chi connectivity index (χ0v) is 15.6. The summed E-state index contributed by atoms with van der Waals surface area (Å²) in [5.74, 6) is -1.32. The standard InChI is InChI=1S/C20H16F3N3O4/c1-2-30-19(27)15-16(13-9-6-10-14(11-13)26(28)29)24-18(12-7-4-3-5-8-12)25-17(15)20(21,22)23/h3-11,16H,2H2,1H3,(H,24,25). The normalized spacial score (nSPS) is 16.5. The third kappa shape index (κ3) is 4.32. The molecule has 0 aromatic heterocycles. The molecule has 1 unspecified atom stereocenters. The molecular weight excluding hydrogens is 403 g/mol. The van der Waals surface area contributed by atoms with Gasteiger partial charge < -0.3 is 10.1 Å². The summed E-state index contributed by atoms with van der Waals surface area (Å²) in [7, 11) is 0. The summed E-state index contributed by atoms with van der Waals surface area (Å²) < 4.78 is 46.5. The van der Waals surface area contributed by atoms with E-state index in [9.17, 15) is 28.1 Å². The minimum atomic E-state index is -4.92. The number of amidine groups is 1. The number of carbonyl (C=O) groups is 1. The summed E-state index contributed by atoms with van der Waals surface area (Å²) in [5, 5.41) is 13.3. The van der Waals surface area contributed by atoms with Crippen LogP contribution in [0.15, 0.2) is 70.9 Å². The monoisotopic (exact) mass is 419 g/mol. The molecule has 0 aliphatic carbocycles. The Balaban J connectivity index is 2.24. The number of aliphatic imine (C=N–C) groups is 1. The van der Waals surface area contributed by atoms with Gasteiger partial charge in [0.05, 0.1) is 17.1 Å². The van der Waals surface area contributed by atoms with Crippen LogP contribution in [0.2, 0.25) is 0 Å². The van der Waals surface area contributed by atoms with Crippen molar-refractivity contribution < 1.29 is 27.6 Å². The molecule has 7 nitrogen and oxygen atoms in total. The lowest BCUT2D eigenvalue weighted by atomic mass is 9.94. The number of nitro groups is 1. The second-order valence-electron chi connectivity index (χ2n) is 6.23. The number of nitro benzene ring substituents is 1. The van der Waals surface area contributed by atoms with Crippen LogP contribution >= 0.6 is 0 Å². The first-order chi connectivity index (χ1) is 14.2. The number of allylic oxidation sites excluding steroid dienone is 1. The van der Waals surface area contributed by atoms with Crippen molar-refractivity contribution in [3.63, 3.8) is 0 Å². The molecule has 156 valence electrons. The van der Waals surface area contributed by atoms with Crippen molar-refractivity contribution in [1.82, 2.24) is 5.32 Å². The van der Waals surface area contributed by atoms with Crippen LogP contribution in [0.3, 0.4) is 0 Å². The van der Waals surface area contributed by atoms with Crippen molar-refractivity contribution in [2.75, 3.05) is 6.61 Å². The van der Waals surface area contributed by atoms with E-state index >= 15 is 0 Å². The number of ether oxygens (including phenoxy) is 1. The van der Waals surface area contributed by atoms with Crippen LogP contribution in [0.4, 0.5) is 18.9 Å². The molecule has 2 aromatic carbocycles. The second-order valence-corrected chi connectivity index (χ2v) is 6.23. The molecule has 1 heterocycles. The number of alkyl halides is 3. The van der Waals surface area contributed by atoms with Crippen LogP contribution in [0.25, 0.3) is 0 Å². The van der Waals surface area contributed by atoms with E-state index in [1.165, 1.54) is 25.1 Å². The number of non-ortho nitro benzene ring substituents is 1. The van der Waals surface area contributed by atoms with E-state index in [-0.39, 0.29) is 23.7 Å². The number of nitrogens with one attached hydrogen (secondary N) is 1. The lowest BCUT2D eigenvalue weighted by Crippen LogP contribution is -2.40. The Morgan fingerprint density at radius 1 is 1.20 bits per heavy atom. The Morgan fingerprint density at radius 3 is 2.50 bits per heavy atom. The fourth-order valence-electron chi connectivity index (χ4n) is 2.99. The van der Waals surface area contributed by atoms with Gasteiger partial charge in [0.25, 0.3) is 5.69 Å². The van der Waals surface area contributed by atoms with E-state index in [4.69, 9.17) is 4.74 Å². The van der Waals surface area contributed by atoms with E-state index in [1.54, 1.807) is 30.3 Å². The van der Waals surface area contributed by atoms with Crippen LogP contribution < -0.4 is 5.32 Å². The number of halogens is 3. The number of hydrogen-bond acceptors (Lipinski definition) is 6. The van der Waals surface area contributed by atoms with Crippen LogP contribution in [-0.2, 0) is 9.53 Å². The molecule has 1 N–H and O–H groups in total. The van der Waals surface area contributed by atoms with E-state index < -0.39 is 34.4 Å². The summed E-state index contributed by atoms with van der Waals surface area (Å²) in [4.78, 5) is 27.2. The molecular formula is C20H16F3N3O4. The first-order valence-electron chi connectivity index (χ1n) is 8.85. The number of rotatable bonds is 5. The average molecular weight is 419 g/mol. The SMILES string of the molecule is CCOC(=O)C1=C(C(F)(F)F)NC(c2ccccc2)=NC1c1cccc([N+](=O)[O-])c1. The van der Waals surface area contributed by atoms with Gasteiger partial charge in [-0.1, -0.05) is 42.5 Å². The van der Waals surface area contributed by atoms with Crippen molar-refractivity contribution in [3.05, 3.63) is 87.1 Å². The minimum absolute atomic E-state index is 0.0592. The molecule has 0 saturated carbocycles.